The first-order valence-electron chi connectivity index (χ1n) is 7.24. The summed E-state index contributed by atoms with van der Waals surface area (Å²) in [5.74, 6) is -0.187. The molecule has 2 aromatic rings. The van der Waals surface area contributed by atoms with Gasteiger partial charge in [-0.2, -0.15) is 0 Å². The fraction of sp³-hybridized carbons (Fsp3) is 0.333. The standard InChI is InChI=1S/C18H18FIO/c19-16-8-6-15(7-9-16)18(10-3-11-20)13-21-12-14-4-1-2-5-17(14)18/h1-2,4-9H,3,10-13H2. The minimum absolute atomic E-state index is 0.145. The van der Waals surface area contributed by atoms with Crippen LogP contribution in [0, 0.1) is 5.82 Å². The molecule has 3 rings (SSSR count). The van der Waals surface area contributed by atoms with E-state index in [4.69, 9.17) is 4.74 Å². The number of halogens is 2. The first-order chi connectivity index (χ1) is 10.3. The van der Waals surface area contributed by atoms with Crippen molar-refractivity contribution in [2.45, 2.75) is 24.9 Å². The van der Waals surface area contributed by atoms with Crippen LogP contribution in [0.1, 0.15) is 29.5 Å². The van der Waals surface area contributed by atoms with Crippen molar-refractivity contribution < 1.29 is 9.13 Å². The van der Waals surface area contributed by atoms with Crippen LogP contribution in [0.2, 0.25) is 0 Å². The van der Waals surface area contributed by atoms with Gasteiger partial charge in [-0.05, 0) is 46.1 Å². The zero-order valence-electron chi connectivity index (χ0n) is 11.8. The summed E-state index contributed by atoms with van der Waals surface area (Å²) in [5.41, 5.74) is 3.60. The lowest BCUT2D eigenvalue weighted by Crippen LogP contribution is -2.38. The normalized spacial score (nSPS) is 21.0. The topological polar surface area (TPSA) is 9.23 Å². The highest BCUT2D eigenvalue weighted by atomic mass is 127. The van der Waals surface area contributed by atoms with Gasteiger partial charge in [-0.1, -0.05) is 59.0 Å². The van der Waals surface area contributed by atoms with E-state index in [2.05, 4.69) is 46.9 Å². The van der Waals surface area contributed by atoms with Crippen molar-refractivity contribution in [2.75, 3.05) is 11.0 Å². The molecule has 0 aromatic heterocycles. The van der Waals surface area contributed by atoms with Gasteiger partial charge in [0.1, 0.15) is 5.82 Å². The zero-order chi connectivity index (χ0) is 14.7. The van der Waals surface area contributed by atoms with E-state index in [0.29, 0.717) is 13.2 Å². The lowest BCUT2D eigenvalue weighted by molar-refractivity contribution is 0.0619. The van der Waals surface area contributed by atoms with Gasteiger partial charge in [-0.25, -0.2) is 4.39 Å². The predicted molar refractivity (Wildman–Crippen MR) is 91.4 cm³/mol. The van der Waals surface area contributed by atoms with Crippen LogP contribution in [0.15, 0.2) is 48.5 Å². The molecule has 0 bridgehead atoms. The van der Waals surface area contributed by atoms with Crippen LogP contribution in [-0.2, 0) is 16.8 Å². The van der Waals surface area contributed by atoms with Gasteiger partial charge in [0.05, 0.1) is 13.2 Å². The fourth-order valence-electron chi connectivity index (χ4n) is 3.25. The summed E-state index contributed by atoms with van der Waals surface area (Å²) in [4.78, 5) is 0. The Morgan fingerprint density at radius 1 is 1.10 bits per heavy atom. The van der Waals surface area contributed by atoms with Gasteiger partial charge in [-0.3, -0.25) is 0 Å². The molecule has 1 aliphatic heterocycles. The molecule has 0 saturated carbocycles. The van der Waals surface area contributed by atoms with Crippen molar-refractivity contribution in [3.05, 3.63) is 71.0 Å². The van der Waals surface area contributed by atoms with Crippen LogP contribution in [0.25, 0.3) is 0 Å². The first kappa shape index (κ1) is 15.0. The molecule has 1 atom stereocenters. The molecule has 0 amide bonds. The minimum atomic E-state index is -0.187. The molecule has 3 heteroatoms. The molecule has 1 nitrogen and oxygen atoms in total. The fourth-order valence-corrected chi connectivity index (χ4v) is 3.63. The SMILES string of the molecule is Fc1ccc(C2(CCCI)COCc3ccccc32)cc1. The van der Waals surface area contributed by atoms with E-state index in [0.717, 1.165) is 22.8 Å². The van der Waals surface area contributed by atoms with E-state index < -0.39 is 0 Å². The largest absolute Gasteiger partial charge is 0.375 e. The molecule has 0 N–H and O–H groups in total. The lowest BCUT2D eigenvalue weighted by atomic mass is 9.69. The molecule has 0 radical (unpaired) electrons. The zero-order valence-corrected chi connectivity index (χ0v) is 14.0. The van der Waals surface area contributed by atoms with Crippen LogP contribution in [0.4, 0.5) is 4.39 Å². The van der Waals surface area contributed by atoms with Crippen LogP contribution in [0.5, 0.6) is 0 Å². The molecule has 0 aliphatic carbocycles. The summed E-state index contributed by atoms with van der Waals surface area (Å²) in [5, 5.41) is 0. The highest BCUT2D eigenvalue weighted by molar-refractivity contribution is 14.1. The van der Waals surface area contributed by atoms with Gasteiger partial charge in [-0.15, -0.1) is 0 Å². The summed E-state index contributed by atoms with van der Waals surface area (Å²) in [6, 6.07) is 15.4. The van der Waals surface area contributed by atoms with Crippen molar-refractivity contribution >= 4 is 22.6 Å². The summed E-state index contributed by atoms with van der Waals surface area (Å²) >= 11 is 2.41. The second kappa shape index (κ2) is 6.44. The summed E-state index contributed by atoms with van der Waals surface area (Å²) in [6.45, 7) is 1.34. The predicted octanol–water partition coefficient (Wildman–Crippen LogP) is 4.86. The van der Waals surface area contributed by atoms with Crippen molar-refractivity contribution in [3.63, 3.8) is 0 Å². The molecule has 2 aromatic carbocycles. The molecule has 1 unspecified atom stereocenters. The number of fused-ring (bicyclic) bond motifs is 1. The average Bonchev–Trinajstić information content (AvgIpc) is 2.53. The van der Waals surface area contributed by atoms with Gasteiger partial charge in [0.25, 0.3) is 0 Å². The van der Waals surface area contributed by atoms with Crippen LogP contribution >= 0.6 is 22.6 Å². The summed E-state index contributed by atoms with van der Waals surface area (Å²) in [7, 11) is 0. The third-order valence-electron chi connectivity index (χ3n) is 4.27. The molecule has 1 aliphatic rings. The van der Waals surface area contributed by atoms with Crippen molar-refractivity contribution in [3.8, 4) is 0 Å². The molecular formula is C18H18FIO. The van der Waals surface area contributed by atoms with E-state index in [1.165, 1.54) is 11.1 Å². The van der Waals surface area contributed by atoms with Crippen LogP contribution in [0.3, 0.4) is 0 Å². The number of benzene rings is 2. The summed E-state index contributed by atoms with van der Waals surface area (Å²) < 4.78 is 20.3. The maximum absolute atomic E-state index is 13.3. The van der Waals surface area contributed by atoms with Gasteiger partial charge >= 0.3 is 0 Å². The minimum Gasteiger partial charge on any atom is -0.375 e. The summed E-state index contributed by atoms with van der Waals surface area (Å²) in [6.07, 6.45) is 2.15. The molecule has 0 saturated heterocycles. The Morgan fingerprint density at radius 2 is 1.86 bits per heavy atom. The van der Waals surface area contributed by atoms with Gasteiger partial charge < -0.3 is 4.74 Å². The lowest BCUT2D eigenvalue weighted by Gasteiger charge is -2.39. The monoisotopic (exact) mass is 396 g/mol. The Hall–Kier alpha value is -0.940. The number of hydrogen-bond acceptors (Lipinski definition) is 1. The Kier molecular flexibility index (Phi) is 4.60. The third kappa shape index (κ3) is 2.86. The molecule has 1 heterocycles. The smallest absolute Gasteiger partial charge is 0.123 e. The molecule has 21 heavy (non-hydrogen) atoms. The average molecular weight is 396 g/mol. The highest BCUT2D eigenvalue weighted by Crippen LogP contribution is 2.42. The maximum Gasteiger partial charge on any atom is 0.123 e. The maximum atomic E-state index is 13.3. The molecule has 110 valence electrons. The first-order valence-corrected chi connectivity index (χ1v) is 8.77. The van der Waals surface area contributed by atoms with Gasteiger partial charge in [0, 0.05) is 5.41 Å². The number of alkyl halides is 1. The molecule has 0 spiro atoms. The van der Waals surface area contributed by atoms with E-state index in [1.807, 2.05) is 12.1 Å². The quantitative estimate of drug-likeness (QED) is 0.530. The van der Waals surface area contributed by atoms with Crippen molar-refractivity contribution in [2.24, 2.45) is 0 Å². The third-order valence-corrected chi connectivity index (χ3v) is 5.04. The van der Waals surface area contributed by atoms with Crippen molar-refractivity contribution in [1.82, 2.24) is 0 Å². The second-order valence-electron chi connectivity index (χ2n) is 5.53. The molecule has 0 fully saturated rings. The van der Waals surface area contributed by atoms with E-state index in [1.54, 1.807) is 12.1 Å². The van der Waals surface area contributed by atoms with Gasteiger partial charge in [0.2, 0.25) is 0 Å². The number of hydrogen-bond donors (Lipinski definition) is 0. The van der Waals surface area contributed by atoms with Crippen molar-refractivity contribution in [1.29, 1.82) is 0 Å². The Morgan fingerprint density at radius 3 is 2.62 bits per heavy atom. The molecular weight excluding hydrogens is 378 g/mol. The Bertz CT molecular complexity index is 611. The van der Waals surface area contributed by atoms with Crippen LogP contribution < -0.4 is 0 Å². The number of rotatable bonds is 4. The van der Waals surface area contributed by atoms with E-state index in [-0.39, 0.29) is 11.2 Å². The Balaban J connectivity index is 2.12. The van der Waals surface area contributed by atoms with E-state index >= 15 is 0 Å². The number of ether oxygens (including phenoxy) is 1. The Labute approximate surface area is 138 Å². The van der Waals surface area contributed by atoms with Gasteiger partial charge in [0.15, 0.2) is 0 Å². The highest BCUT2D eigenvalue weighted by Gasteiger charge is 2.38. The van der Waals surface area contributed by atoms with Crippen LogP contribution in [-0.4, -0.2) is 11.0 Å². The van der Waals surface area contributed by atoms with E-state index in [9.17, 15) is 4.39 Å². The second-order valence-corrected chi connectivity index (χ2v) is 6.61.